The average Bonchev–Trinajstić information content (AvgIpc) is 2.46. The van der Waals surface area contributed by atoms with Gasteiger partial charge in [0.1, 0.15) is 6.04 Å². The molecule has 1 aliphatic rings. The molecule has 2 rings (SSSR count). The molecule has 1 aliphatic heterocycles. The molecule has 1 aromatic carbocycles. The highest BCUT2D eigenvalue weighted by Gasteiger charge is 2.28. The Morgan fingerprint density at radius 2 is 2.26 bits per heavy atom. The maximum atomic E-state index is 12.0. The van der Waals surface area contributed by atoms with Crippen LogP contribution >= 0.6 is 0 Å². The molecule has 0 radical (unpaired) electrons. The smallest absolute Gasteiger partial charge is 0.239 e. The Balaban J connectivity index is 1.83. The van der Waals surface area contributed by atoms with E-state index in [9.17, 15) is 9.90 Å². The van der Waals surface area contributed by atoms with Crippen LogP contribution in [0.5, 0.6) is 0 Å². The SMILES string of the molecule is C[C@H]1OCCN[C@@H]1C(=O)NCC(O)c1ccccc1. The molecule has 1 fully saturated rings. The molecule has 1 amide bonds. The summed E-state index contributed by atoms with van der Waals surface area (Å²) in [4.78, 5) is 12.0. The number of hydrogen-bond donors (Lipinski definition) is 3. The minimum absolute atomic E-state index is 0.137. The fraction of sp³-hybridized carbons (Fsp3) is 0.500. The van der Waals surface area contributed by atoms with Crippen LogP contribution in [-0.2, 0) is 9.53 Å². The molecule has 5 nitrogen and oxygen atoms in total. The molecule has 104 valence electrons. The number of carbonyl (C=O) groups is 1. The zero-order valence-corrected chi connectivity index (χ0v) is 11.0. The maximum absolute atomic E-state index is 12.0. The minimum Gasteiger partial charge on any atom is -0.387 e. The van der Waals surface area contributed by atoms with Crippen molar-refractivity contribution < 1.29 is 14.6 Å². The van der Waals surface area contributed by atoms with Crippen LogP contribution in [0.3, 0.4) is 0 Å². The van der Waals surface area contributed by atoms with Crippen molar-refractivity contribution in [2.75, 3.05) is 19.7 Å². The number of carbonyl (C=O) groups excluding carboxylic acids is 1. The van der Waals surface area contributed by atoms with Crippen molar-refractivity contribution >= 4 is 5.91 Å². The van der Waals surface area contributed by atoms with Gasteiger partial charge in [0.2, 0.25) is 5.91 Å². The molecular weight excluding hydrogens is 244 g/mol. The van der Waals surface area contributed by atoms with Gasteiger partial charge < -0.3 is 20.5 Å². The van der Waals surface area contributed by atoms with Crippen molar-refractivity contribution in [2.45, 2.75) is 25.2 Å². The molecule has 0 aliphatic carbocycles. The van der Waals surface area contributed by atoms with Crippen molar-refractivity contribution in [3.8, 4) is 0 Å². The molecule has 1 unspecified atom stereocenters. The van der Waals surface area contributed by atoms with E-state index in [1.807, 2.05) is 37.3 Å². The number of amides is 1. The second-order valence-corrected chi connectivity index (χ2v) is 4.68. The quantitative estimate of drug-likeness (QED) is 0.727. The van der Waals surface area contributed by atoms with E-state index in [1.165, 1.54) is 0 Å². The zero-order chi connectivity index (χ0) is 13.7. The van der Waals surface area contributed by atoms with E-state index in [-0.39, 0.29) is 24.6 Å². The fourth-order valence-electron chi connectivity index (χ4n) is 2.13. The molecule has 3 N–H and O–H groups in total. The van der Waals surface area contributed by atoms with Crippen LogP contribution in [-0.4, -0.2) is 42.9 Å². The molecular formula is C14H20N2O3. The number of nitrogens with one attached hydrogen (secondary N) is 2. The van der Waals surface area contributed by atoms with Crippen molar-refractivity contribution in [2.24, 2.45) is 0 Å². The number of aliphatic hydroxyl groups excluding tert-OH is 1. The first-order chi connectivity index (χ1) is 9.18. The molecule has 5 heteroatoms. The van der Waals surface area contributed by atoms with Gasteiger partial charge in [-0.2, -0.15) is 0 Å². The van der Waals surface area contributed by atoms with Crippen LogP contribution in [0.25, 0.3) is 0 Å². The van der Waals surface area contributed by atoms with Gasteiger partial charge in [0.25, 0.3) is 0 Å². The van der Waals surface area contributed by atoms with Crippen LogP contribution in [0.15, 0.2) is 30.3 Å². The number of ether oxygens (including phenoxy) is 1. The lowest BCUT2D eigenvalue weighted by molar-refractivity contribution is -0.129. The minimum atomic E-state index is -0.690. The second kappa shape index (κ2) is 6.65. The molecule has 0 spiro atoms. The molecule has 0 aromatic heterocycles. The summed E-state index contributed by atoms with van der Waals surface area (Å²) in [5.41, 5.74) is 0.795. The van der Waals surface area contributed by atoms with Crippen molar-refractivity contribution in [3.05, 3.63) is 35.9 Å². The first-order valence-corrected chi connectivity index (χ1v) is 6.54. The van der Waals surface area contributed by atoms with Crippen LogP contribution in [0.1, 0.15) is 18.6 Å². The van der Waals surface area contributed by atoms with Crippen molar-refractivity contribution in [1.82, 2.24) is 10.6 Å². The summed E-state index contributed by atoms with van der Waals surface area (Å²) >= 11 is 0. The van der Waals surface area contributed by atoms with Gasteiger partial charge in [-0.15, -0.1) is 0 Å². The molecule has 1 saturated heterocycles. The monoisotopic (exact) mass is 264 g/mol. The van der Waals surface area contributed by atoms with Crippen LogP contribution < -0.4 is 10.6 Å². The van der Waals surface area contributed by atoms with E-state index >= 15 is 0 Å². The Hall–Kier alpha value is -1.43. The van der Waals surface area contributed by atoms with Gasteiger partial charge in [0.15, 0.2) is 0 Å². The summed E-state index contributed by atoms with van der Waals surface area (Å²) in [5, 5.41) is 15.8. The van der Waals surface area contributed by atoms with Gasteiger partial charge in [-0.25, -0.2) is 0 Å². The summed E-state index contributed by atoms with van der Waals surface area (Å²) < 4.78 is 5.42. The van der Waals surface area contributed by atoms with Gasteiger partial charge in [0, 0.05) is 13.1 Å². The maximum Gasteiger partial charge on any atom is 0.239 e. The van der Waals surface area contributed by atoms with Gasteiger partial charge >= 0.3 is 0 Å². The van der Waals surface area contributed by atoms with E-state index in [4.69, 9.17) is 4.74 Å². The number of morpholine rings is 1. The third kappa shape index (κ3) is 3.76. The number of aliphatic hydroxyl groups is 1. The average molecular weight is 264 g/mol. The van der Waals surface area contributed by atoms with Crippen molar-refractivity contribution in [1.29, 1.82) is 0 Å². The molecule has 0 saturated carbocycles. The number of benzene rings is 1. The topological polar surface area (TPSA) is 70.6 Å². The molecule has 1 heterocycles. The Morgan fingerprint density at radius 1 is 1.53 bits per heavy atom. The molecule has 0 bridgehead atoms. The van der Waals surface area contributed by atoms with Gasteiger partial charge in [0.05, 0.1) is 18.8 Å². The van der Waals surface area contributed by atoms with Gasteiger partial charge in [-0.05, 0) is 12.5 Å². The highest BCUT2D eigenvalue weighted by atomic mass is 16.5. The van der Waals surface area contributed by atoms with Crippen molar-refractivity contribution in [3.63, 3.8) is 0 Å². The summed E-state index contributed by atoms with van der Waals surface area (Å²) in [7, 11) is 0. The predicted molar refractivity (Wildman–Crippen MR) is 71.6 cm³/mol. The third-order valence-corrected chi connectivity index (χ3v) is 3.25. The lowest BCUT2D eigenvalue weighted by atomic mass is 10.1. The Morgan fingerprint density at radius 3 is 2.95 bits per heavy atom. The van der Waals surface area contributed by atoms with E-state index in [2.05, 4.69) is 10.6 Å². The van der Waals surface area contributed by atoms with Gasteiger partial charge in [-0.3, -0.25) is 4.79 Å². The second-order valence-electron chi connectivity index (χ2n) is 4.68. The predicted octanol–water partition coefficient (Wildman–Crippen LogP) is 0.213. The fourth-order valence-corrected chi connectivity index (χ4v) is 2.13. The normalized spacial score (nSPS) is 24.7. The Bertz CT molecular complexity index is 410. The molecule has 3 atom stereocenters. The standard InChI is InChI=1S/C14H20N2O3/c1-10-13(15-7-8-19-10)14(18)16-9-12(17)11-5-3-2-4-6-11/h2-6,10,12-13,15,17H,7-9H2,1H3,(H,16,18)/t10-,12?,13+/m1/s1. The number of rotatable bonds is 4. The Kier molecular flexibility index (Phi) is 4.90. The third-order valence-electron chi connectivity index (χ3n) is 3.25. The largest absolute Gasteiger partial charge is 0.387 e. The highest BCUT2D eigenvalue weighted by Crippen LogP contribution is 2.11. The summed E-state index contributed by atoms with van der Waals surface area (Å²) in [6, 6.07) is 8.93. The highest BCUT2D eigenvalue weighted by molar-refractivity contribution is 5.82. The Labute approximate surface area is 113 Å². The zero-order valence-electron chi connectivity index (χ0n) is 11.0. The van der Waals surface area contributed by atoms with E-state index in [1.54, 1.807) is 0 Å². The summed E-state index contributed by atoms with van der Waals surface area (Å²) in [6.45, 7) is 3.36. The van der Waals surface area contributed by atoms with E-state index < -0.39 is 6.10 Å². The lowest BCUT2D eigenvalue weighted by Gasteiger charge is -2.29. The lowest BCUT2D eigenvalue weighted by Crippen LogP contribution is -2.55. The van der Waals surface area contributed by atoms with Gasteiger partial charge in [-0.1, -0.05) is 30.3 Å². The van der Waals surface area contributed by atoms with Crippen LogP contribution in [0.2, 0.25) is 0 Å². The van der Waals surface area contributed by atoms with Crippen LogP contribution in [0, 0.1) is 0 Å². The summed E-state index contributed by atoms with van der Waals surface area (Å²) in [6.07, 6.45) is -0.840. The molecule has 1 aromatic rings. The summed E-state index contributed by atoms with van der Waals surface area (Å²) in [5.74, 6) is -0.137. The first-order valence-electron chi connectivity index (χ1n) is 6.54. The van der Waals surface area contributed by atoms with E-state index in [0.29, 0.717) is 13.2 Å². The number of hydrogen-bond acceptors (Lipinski definition) is 4. The van der Waals surface area contributed by atoms with Crippen LogP contribution in [0.4, 0.5) is 0 Å². The molecule has 19 heavy (non-hydrogen) atoms. The van der Waals surface area contributed by atoms with E-state index in [0.717, 1.165) is 5.56 Å². The first kappa shape index (κ1) is 14.0.